The summed E-state index contributed by atoms with van der Waals surface area (Å²) in [5.41, 5.74) is 0.901. The summed E-state index contributed by atoms with van der Waals surface area (Å²) < 4.78 is 16.2. The molecule has 0 aliphatic carbocycles. The number of carbonyl (C=O) groups is 1. The van der Waals surface area contributed by atoms with Crippen molar-refractivity contribution in [1.82, 2.24) is 5.32 Å². The molecule has 0 spiro atoms. The van der Waals surface area contributed by atoms with Gasteiger partial charge in [0.25, 0.3) is 0 Å². The van der Waals surface area contributed by atoms with E-state index in [1.807, 2.05) is 18.2 Å². The van der Waals surface area contributed by atoms with Crippen molar-refractivity contribution in [3.8, 4) is 11.5 Å². The highest BCUT2D eigenvalue weighted by Gasteiger charge is 2.25. The zero-order chi connectivity index (χ0) is 13.8. The Morgan fingerprint density at radius 1 is 1.42 bits per heavy atom. The molecule has 1 saturated heterocycles. The minimum Gasteiger partial charge on any atom is -0.493 e. The molecular weight excluding hydrogens is 246 g/mol. The summed E-state index contributed by atoms with van der Waals surface area (Å²) in [6.45, 7) is 5.26. The highest BCUT2D eigenvalue weighted by atomic mass is 16.6. The van der Waals surface area contributed by atoms with Crippen molar-refractivity contribution in [2.45, 2.75) is 20.0 Å². The number of ether oxygens (including phenoxy) is 3. The standard InChI is InChI=1S/C14H19NO4/c1-9(2)8-18-12-6-10(4-5-11(12)17-3)13-7-15-14(16)19-13/h4-6,9,13H,7-8H2,1-3H3,(H,15,16). The van der Waals surface area contributed by atoms with Gasteiger partial charge in [-0.25, -0.2) is 4.79 Å². The van der Waals surface area contributed by atoms with Crippen LogP contribution in [0, 0.1) is 5.92 Å². The number of alkyl carbamates (subject to hydrolysis) is 1. The molecule has 0 aromatic heterocycles. The van der Waals surface area contributed by atoms with E-state index < -0.39 is 0 Å². The summed E-state index contributed by atoms with van der Waals surface area (Å²) in [7, 11) is 1.61. The van der Waals surface area contributed by atoms with Crippen LogP contribution in [0.5, 0.6) is 11.5 Å². The third kappa shape index (κ3) is 3.30. The Bertz CT molecular complexity index is 459. The number of cyclic esters (lactones) is 1. The monoisotopic (exact) mass is 265 g/mol. The third-order valence-corrected chi connectivity index (χ3v) is 2.81. The number of amides is 1. The molecule has 1 N–H and O–H groups in total. The quantitative estimate of drug-likeness (QED) is 0.888. The van der Waals surface area contributed by atoms with E-state index in [0.29, 0.717) is 30.6 Å². The predicted octanol–water partition coefficient (Wildman–Crippen LogP) is 2.51. The summed E-state index contributed by atoms with van der Waals surface area (Å²) in [5, 5.41) is 2.63. The maximum Gasteiger partial charge on any atom is 0.407 e. The molecule has 1 atom stereocenters. The SMILES string of the molecule is COc1ccc(C2CNC(=O)O2)cc1OCC(C)C. The fourth-order valence-corrected chi connectivity index (χ4v) is 1.84. The molecule has 19 heavy (non-hydrogen) atoms. The highest BCUT2D eigenvalue weighted by Crippen LogP contribution is 2.32. The molecular formula is C14H19NO4. The van der Waals surface area contributed by atoms with Crippen LogP contribution in [0.2, 0.25) is 0 Å². The van der Waals surface area contributed by atoms with Gasteiger partial charge in [0, 0.05) is 0 Å². The van der Waals surface area contributed by atoms with Gasteiger partial charge in [0.15, 0.2) is 11.5 Å². The van der Waals surface area contributed by atoms with Crippen LogP contribution in [0.15, 0.2) is 18.2 Å². The molecule has 5 heteroatoms. The number of methoxy groups -OCH3 is 1. The Hall–Kier alpha value is -1.91. The molecule has 0 bridgehead atoms. The molecule has 1 aromatic carbocycles. The first-order chi connectivity index (χ1) is 9.10. The number of hydrogen-bond acceptors (Lipinski definition) is 4. The fourth-order valence-electron chi connectivity index (χ4n) is 1.84. The van der Waals surface area contributed by atoms with Crippen molar-refractivity contribution >= 4 is 6.09 Å². The van der Waals surface area contributed by atoms with Crippen LogP contribution in [0.4, 0.5) is 4.79 Å². The molecule has 104 valence electrons. The second kappa shape index (κ2) is 5.82. The summed E-state index contributed by atoms with van der Waals surface area (Å²) in [6, 6.07) is 5.58. The first kappa shape index (κ1) is 13.5. The lowest BCUT2D eigenvalue weighted by atomic mass is 10.1. The Morgan fingerprint density at radius 3 is 2.79 bits per heavy atom. The molecule has 1 aromatic rings. The summed E-state index contributed by atoms with van der Waals surface area (Å²) in [6.07, 6.45) is -0.648. The van der Waals surface area contributed by atoms with Crippen LogP contribution in [-0.4, -0.2) is 26.4 Å². The van der Waals surface area contributed by atoms with Gasteiger partial charge in [-0.3, -0.25) is 0 Å². The Morgan fingerprint density at radius 2 is 2.21 bits per heavy atom. The minimum atomic E-state index is -0.384. The molecule has 1 fully saturated rings. The van der Waals surface area contributed by atoms with Crippen molar-refractivity contribution in [1.29, 1.82) is 0 Å². The van der Waals surface area contributed by atoms with Gasteiger partial charge in [-0.15, -0.1) is 0 Å². The lowest BCUT2D eigenvalue weighted by molar-refractivity contribution is 0.141. The molecule has 0 saturated carbocycles. The number of benzene rings is 1. The second-order valence-electron chi connectivity index (χ2n) is 4.89. The average Bonchev–Trinajstić information content (AvgIpc) is 2.82. The lowest BCUT2D eigenvalue weighted by Gasteiger charge is -2.15. The van der Waals surface area contributed by atoms with Crippen molar-refractivity contribution < 1.29 is 19.0 Å². The topological polar surface area (TPSA) is 56.8 Å². The van der Waals surface area contributed by atoms with Crippen molar-refractivity contribution in [2.24, 2.45) is 5.92 Å². The van der Waals surface area contributed by atoms with Gasteiger partial charge < -0.3 is 19.5 Å². The molecule has 1 heterocycles. The smallest absolute Gasteiger partial charge is 0.407 e. The average molecular weight is 265 g/mol. The van der Waals surface area contributed by atoms with Crippen molar-refractivity contribution in [3.05, 3.63) is 23.8 Å². The molecule has 1 aliphatic heterocycles. The third-order valence-electron chi connectivity index (χ3n) is 2.81. The van der Waals surface area contributed by atoms with Crippen molar-refractivity contribution in [3.63, 3.8) is 0 Å². The van der Waals surface area contributed by atoms with Gasteiger partial charge in [-0.2, -0.15) is 0 Å². The van der Waals surface area contributed by atoms with Gasteiger partial charge in [0.05, 0.1) is 20.3 Å². The number of nitrogens with one attached hydrogen (secondary N) is 1. The van der Waals surface area contributed by atoms with E-state index in [4.69, 9.17) is 14.2 Å². The molecule has 5 nitrogen and oxygen atoms in total. The van der Waals surface area contributed by atoms with Gasteiger partial charge in [0.1, 0.15) is 6.10 Å². The number of carbonyl (C=O) groups excluding carboxylic acids is 1. The van der Waals surface area contributed by atoms with E-state index in [1.165, 1.54) is 0 Å². The summed E-state index contributed by atoms with van der Waals surface area (Å²) in [5.74, 6) is 1.79. The van der Waals surface area contributed by atoms with E-state index in [0.717, 1.165) is 5.56 Å². The van der Waals surface area contributed by atoms with E-state index in [9.17, 15) is 4.79 Å². The van der Waals surface area contributed by atoms with E-state index >= 15 is 0 Å². The first-order valence-electron chi connectivity index (χ1n) is 6.35. The Kier molecular flexibility index (Phi) is 4.14. The largest absolute Gasteiger partial charge is 0.493 e. The van der Waals surface area contributed by atoms with Gasteiger partial charge >= 0.3 is 6.09 Å². The Balaban J connectivity index is 2.17. The lowest BCUT2D eigenvalue weighted by Crippen LogP contribution is -2.12. The molecule has 1 amide bonds. The van der Waals surface area contributed by atoms with E-state index in [1.54, 1.807) is 7.11 Å². The van der Waals surface area contributed by atoms with Gasteiger partial charge in [-0.05, 0) is 23.6 Å². The van der Waals surface area contributed by atoms with Crippen LogP contribution in [0.25, 0.3) is 0 Å². The second-order valence-corrected chi connectivity index (χ2v) is 4.89. The van der Waals surface area contributed by atoms with Crippen LogP contribution in [0.1, 0.15) is 25.5 Å². The minimum absolute atomic E-state index is 0.264. The van der Waals surface area contributed by atoms with Crippen molar-refractivity contribution in [2.75, 3.05) is 20.3 Å². The maximum absolute atomic E-state index is 11.1. The fraction of sp³-hybridized carbons (Fsp3) is 0.500. The number of hydrogen-bond donors (Lipinski definition) is 1. The van der Waals surface area contributed by atoms with E-state index in [2.05, 4.69) is 19.2 Å². The Labute approximate surface area is 112 Å². The van der Waals surface area contributed by atoms with Gasteiger partial charge in [0.2, 0.25) is 0 Å². The van der Waals surface area contributed by atoms with Crippen LogP contribution < -0.4 is 14.8 Å². The van der Waals surface area contributed by atoms with Crippen LogP contribution >= 0.6 is 0 Å². The summed E-state index contributed by atoms with van der Waals surface area (Å²) >= 11 is 0. The first-order valence-corrected chi connectivity index (χ1v) is 6.35. The summed E-state index contributed by atoms with van der Waals surface area (Å²) in [4.78, 5) is 11.1. The molecule has 1 aliphatic rings. The molecule has 0 radical (unpaired) electrons. The zero-order valence-electron chi connectivity index (χ0n) is 11.4. The zero-order valence-corrected chi connectivity index (χ0v) is 11.4. The number of rotatable bonds is 5. The highest BCUT2D eigenvalue weighted by molar-refractivity contribution is 5.69. The molecule has 2 rings (SSSR count). The van der Waals surface area contributed by atoms with E-state index in [-0.39, 0.29) is 12.2 Å². The van der Waals surface area contributed by atoms with Gasteiger partial charge in [-0.1, -0.05) is 19.9 Å². The predicted molar refractivity (Wildman–Crippen MR) is 70.6 cm³/mol. The van der Waals surface area contributed by atoms with Crippen LogP contribution in [0.3, 0.4) is 0 Å². The normalized spacial score (nSPS) is 18.1. The molecule has 1 unspecified atom stereocenters. The maximum atomic E-state index is 11.1. The van der Waals surface area contributed by atoms with Crippen LogP contribution in [-0.2, 0) is 4.74 Å².